The molecule has 0 saturated carbocycles. The lowest BCUT2D eigenvalue weighted by atomic mass is 9.99. The number of hydrogen-bond donors (Lipinski definition) is 0. The van der Waals surface area contributed by atoms with Gasteiger partial charge in [-0.3, -0.25) is 24.0 Å². The van der Waals surface area contributed by atoms with Gasteiger partial charge >= 0.3 is 23.9 Å². The molecule has 1 aliphatic rings. The summed E-state index contributed by atoms with van der Waals surface area (Å²) < 4.78 is 27.7. The monoisotopic (exact) mass is 608 g/mol. The van der Waals surface area contributed by atoms with Crippen LogP contribution in [0.2, 0.25) is 5.02 Å². The highest BCUT2D eigenvalue weighted by Crippen LogP contribution is 2.39. The summed E-state index contributed by atoms with van der Waals surface area (Å²) in [4.78, 5) is 69.6. The van der Waals surface area contributed by atoms with Crippen LogP contribution in [0.1, 0.15) is 50.7 Å². The van der Waals surface area contributed by atoms with E-state index in [0.717, 1.165) is 32.5 Å². The molecule has 0 radical (unpaired) electrons. The van der Waals surface area contributed by atoms with Crippen LogP contribution in [0.3, 0.4) is 0 Å². The fourth-order valence-electron chi connectivity index (χ4n) is 4.16. The van der Waals surface area contributed by atoms with Crippen molar-refractivity contribution in [1.29, 1.82) is 0 Å². The van der Waals surface area contributed by atoms with Gasteiger partial charge in [-0.1, -0.05) is 23.4 Å². The number of hydrogen-bond acceptors (Lipinski definition) is 13. The first-order chi connectivity index (χ1) is 19.3. The predicted molar refractivity (Wildman–Crippen MR) is 145 cm³/mol. The maximum Gasteiger partial charge on any atom is 0.303 e. The summed E-state index contributed by atoms with van der Waals surface area (Å²) in [5, 5.41) is 0.703. The number of ether oxygens (including phenoxy) is 5. The van der Waals surface area contributed by atoms with E-state index in [1.807, 2.05) is 0 Å². The van der Waals surface area contributed by atoms with Crippen LogP contribution in [-0.4, -0.2) is 76.1 Å². The van der Waals surface area contributed by atoms with E-state index in [4.69, 9.17) is 35.3 Å². The topological polar surface area (TPSA) is 157 Å². The Morgan fingerprint density at radius 2 is 1.39 bits per heavy atom. The fraction of sp³-hybridized carbons (Fsp3) is 0.444. The fourth-order valence-corrected chi connectivity index (χ4v) is 5.60. The molecule has 2 heterocycles. The Balaban J connectivity index is 2.14. The molecule has 1 aromatic carbocycles. The van der Waals surface area contributed by atoms with Crippen molar-refractivity contribution in [2.45, 2.75) is 76.4 Å². The van der Waals surface area contributed by atoms with Crippen molar-refractivity contribution >= 4 is 53.0 Å². The molecule has 1 fully saturated rings. The lowest BCUT2D eigenvalue weighted by molar-refractivity contribution is -0.237. The van der Waals surface area contributed by atoms with Crippen LogP contribution in [0.15, 0.2) is 29.3 Å². The summed E-state index contributed by atoms with van der Waals surface area (Å²) >= 11 is 6.94. The number of ketones is 1. The van der Waals surface area contributed by atoms with Gasteiger partial charge in [-0.2, -0.15) is 0 Å². The lowest BCUT2D eigenvalue weighted by Crippen LogP contribution is -2.61. The Hall–Kier alpha value is -3.55. The van der Waals surface area contributed by atoms with Gasteiger partial charge in [0, 0.05) is 38.3 Å². The molecule has 0 N–H and O–H groups in total. The standard InChI is InChI=1S/C27H29ClN2O10S/c1-12-21(13(2)31)26(30-25(29-12)18-7-9-19(28)10-8-18)41-27-24(39-17(6)35)23(38-16(5)34)22(37-15(4)33)20(40-27)11-36-14(3)32/h7-10,20,22-24,27H,11H2,1-6H3/t20-,22+,23+,24-,27+/m1/s1. The van der Waals surface area contributed by atoms with Gasteiger partial charge in [0.25, 0.3) is 0 Å². The molecule has 1 aromatic heterocycles. The number of rotatable bonds is 9. The zero-order valence-corrected chi connectivity index (χ0v) is 24.7. The van der Waals surface area contributed by atoms with Crippen molar-refractivity contribution in [3.63, 3.8) is 0 Å². The molecule has 0 aliphatic carbocycles. The van der Waals surface area contributed by atoms with Crippen molar-refractivity contribution in [3.8, 4) is 11.4 Å². The smallest absolute Gasteiger partial charge is 0.303 e. The summed E-state index contributed by atoms with van der Waals surface area (Å²) in [6.07, 6.45) is -5.13. The van der Waals surface area contributed by atoms with E-state index in [2.05, 4.69) is 9.97 Å². The minimum Gasteiger partial charge on any atom is -0.463 e. The minimum atomic E-state index is -1.36. The summed E-state index contributed by atoms with van der Waals surface area (Å²) in [5.41, 5.74) is 0.0308. The Kier molecular flexibility index (Phi) is 10.8. The molecular formula is C27H29ClN2O10S. The van der Waals surface area contributed by atoms with E-state index >= 15 is 0 Å². The van der Waals surface area contributed by atoms with Crippen molar-refractivity contribution < 1.29 is 47.7 Å². The van der Waals surface area contributed by atoms with Gasteiger partial charge in [-0.05, 0) is 38.1 Å². The van der Waals surface area contributed by atoms with E-state index < -0.39 is 53.7 Å². The normalized spacial score (nSPS) is 21.9. The maximum atomic E-state index is 12.7. The Labute approximate surface area is 245 Å². The molecule has 1 saturated heterocycles. The number of aromatic nitrogens is 2. The van der Waals surface area contributed by atoms with E-state index in [0.29, 0.717) is 16.3 Å². The van der Waals surface area contributed by atoms with E-state index in [1.165, 1.54) is 13.8 Å². The molecule has 5 atom stereocenters. The third-order valence-electron chi connectivity index (χ3n) is 5.69. The van der Waals surface area contributed by atoms with Gasteiger partial charge < -0.3 is 23.7 Å². The van der Waals surface area contributed by atoms with Gasteiger partial charge in [0.1, 0.15) is 17.7 Å². The van der Waals surface area contributed by atoms with Crippen LogP contribution in [0, 0.1) is 6.92 Å². The molecule has 0 unspecified atom stereocenters. The van der Waals surface area contributed by atoms with Crippen molar-refractivity contribution in [2.24, 2.45) is 0 Å². The highest BCUT2D eigenvalue weighted by atomic mass is 35.5. The first-order valence-corrected chi connectivity index (χ1v) is 13.6. The molecule has 0 spiro atoms. The molecule has 0 bridgehead atoms. The summed E-state index contributed by atoms with van der Waals surface area (Å²) in [7, 11) is 0. The third-order valence-corrected chi connectivity index (χ3v) is 7.07. The Morgan fingerprint density at radius 1 is 0.829 bits per heavy atom. The second kappa shape index (κ2) is 13.9. The Morgan fingerprint density at radius 3 is 1.93 bits per heavy atom. The van der Waals surface area contributed by atoms with Crippen molar-refractivity contribution in [1.82, 2.24) is 9.97 Å². The van der Waals surface area contributed by atoms with E-state index in [-0.39, 0.29) is 28.8 Å². The first-order valence-electron chi connectivity index (χ1n) is 12.4. The second-order valence-corrected chi connectivity index (χ2v) is 10.6. The molecule has 3 rings (SSSR count). The van der Waals surface area contributed by atoms with Crippen molar-refractivity contribution in [3.05, 3.63) is 40.5 Å². The molecule has 14 heteroatoms. The number of Topliss-reactive ketones (excluding diaryl/α,β-unsaturated/α-hetero) is 1. The number of carbonyl (C=O) groups is 5. The number of thioether (sulfide) groups is 1. The number of aryl methyl sites for hydroxylation is 1. The quantitative estimate of drug-likeness (QED) is 0.176. The summed E-state index contributed by atoms with van der Waals surface area (Å²) in [6.45, 7) is 7.22. The predicted octanol–water partition coefficient (Wildman–Crippen LogP) is 3.48. The minimum absolute atomic E-state index is 0.191. The maximum absolute atomic E-state index is 12.7. The number of nitrogens with zero attached hydrogens (tertiary/aromatic N) is 2. The highest BCUT2D eigenvalue weighted by molar-refractivity contribution is 7.99. The van der Waals surface area contributed by atoms with Crippen molar-refractivity contribution in [2.75, 3.05) is 6.61 Å². The third kappa shape index (κ3) is 8.47. The van der Waals surface area contributed by atoms with E-state index in [9.17, 15) is 24.0 Å². The molecule has 0 amide bonds. The SMILES string of the molecule is CC(=O)OC[C@H]1O[C@@H](Sc2nc(-c3ccc(Cl)cc3)nc(C)c2C(C)=O)[C@H](OC(C)=O)[C@@H](OC(C)=O)[C@H]1OC(C)=O. The van der Waals surface area contributed by atoms with Gasteiger partial charge in [0.05, 0.1) is 11.3 Å². The molecule has 1 aliphatic heterocycles. The number of halogens is 1. The summed E-state index contributed by atoms with van der Waals surface area (Å²) in [6, 6.07) is 6.77. The average molecular weight is 609 g/mol. The molecule has 12 nitrogen and oxygen atoms in total. The van der Waals surface area contributed by atoms with Crippen LogP contribution in [-0.2, 0) is 42.9 Å². The van der Waals surface area contributed by atoms with E-state index in [1.54, 1.807) is 31.2 Å². The zero-order valence-electron chi connectivity index (χ0n) is 23.2. The molecular weight excluding hydrogens is 580 g/mol. The van der Waals surface area contributed by atoms with Gasteiger partial charge in [-0.25, -0.2) is 9.97 Å². The average Bonchev–Trinajstić information content (AvgIpc) is 2.85. The largest absolute Gasteiger partial charge is 0.463 e. The van der Waals surface area contributed by atoms with Crippen LogP contribution in [0.4, 0.5) is 0 Å². The Bertz CT molecular complexity index is 1340. The van der Waals surface area contributed by atoms with Crippen LogP contribution < -0.4 is 0 Å². The highest BCUT2D eigenvalue weighted by Gasteiger charge is 2.52. The van der Waals surface area contributed by atoms with Crippen LogP contribution in [0.5, 0.6) is 0 Å². The van der Waals surface area contributed by atoms with Crippen LogP contribution in [0.25, 0.3) is 11.4 Å². The van der Waals surface area contributed by atoms with Crippen LogP contribution >= 0.6 is 23.4 Å². The molecule has 41 heavy (non-hydrogen) atoms. The summed E-state index contributed by atoms with van der Waals surface area (Å²) in [5.74, 6) is -2.92. The van der Waals surface area contributed by atoms with Gasteiger partial charge in [0.2, 0.25) is 0 Å². The number of esters is 4. The molecule has 2 aromatic rings. The lowest BCUT2D eigenvalue weighted by Gasteiger charge is -2.44. The first kappa shape index (κ1) is 32.0. The van der Waals surface area contributed by atoms with Gasteiger partial charge in [0.15, 0.2) is 35.4 Å². The molecule has 220 valence electrons. The zero-order chi connectivity index (χ0) is 30.4. The number of benzene rings is 1. The second-order valence-electron chi connectivity index (χ2n) is 9.06. The number of carbonyl (C=O) groups excluding carboxylic acids is 5. The van der Waals surface area contributed by atoms with Gasteiger partial charge in [-0.15, -0.1) is 0 Å².